The van der Waals surface area contributed by atoms with E-state index < -0.39 is 0 Å². The summed E-state index contributed by atoms with van der Waals surface area (Å²) in [7, 11) is 0. The molecule has 0 aliphatic heterocycles. The third-order valence-corrected chi connectivity index (χ3v) is 5.65. The van der Waals surface area contributed by atoms with Crippen LogP contribution in [-0.2, 0) is 0 Å². The Kier molecular flexibility index (Phi) is 3.80. The molecule has 28 heavy (non-hydrogen) atoms. The van der Waals surface area contributed by atoms with Gasteiger partial charge in [0.15, 0.2) is 0 Å². The van der Waals surface area contributed by atoms with E-state index in [0.717, 1.165) is 5.82 Å². The highest BCUT2D eigenvalue weighted by molar-refractivity contribution is 6.09. The predicted octanol–water partition coefficient (Wildman–Crippen LogP) is 6.77. The van der Waals surface area contributed by atoms with Crippen LogP contribution in [0, 0.1) is 20.8 Å². The fourth-order valence-electron chi connectivity index (χ4n) is 4.31. The molecule has 0 spiro atoms. The van der Waals surface area contributed by atoms with Gasteiger partial charge >= 0.3 is 0 Å². The van der Waals surface area contributed by atoms with Crippen molar-refractivity contribution < 1.29 is 0 Å². The number of rotatable bonds is 2. The van der Waals surface area contributed by atoms with Crippen LogP contribution in [-0.4, -0.2) is 9.55 Å². The summed E-state index contributed by atoms with van der Waals surface area (Å²) in [5, 5.41) is 2.52. The Hall–Kier alpha value is -3.39. The van der Waals surface area contributed by atoms with Crippen molar-refractivity contribution in [2.45, 2.75) is 20.8 Å². The SMILES string of the molecule is Cc1cnc(-n2c3ccccc3c3ccccc32)cc1-c1c(C)cccc1C. The number of hydrogen-bond acceptors (Lipinski definition) is 1. The highest BCUT2D eigenvalue weighted by atomic mass is 15.1. The van der Waals surface area contributed by atoms with Crippen molar-refractivity contribution in [2.75, 3.05) is 0 Å². The lowest BCUT2D eigenvalue weighted by atomic mass is 9.94. The number of pyridine rings is 1. The number of aromatic nitrogens is 2. The maximum Gasteiger partial charge on any atom is 0.138 e. The molecular formula is C26H22N2. The van der Waals surface area contributed by atoms with Crippen molar-refractivity contribution in [3.8, 4) is 16.9 Å². The maximum absolute atomic E-state index is 4.83. The summed E-state index contributed by atoms with van der Waals surface area (Å²) in [6, 6.07) is 25.9. The topological polar surface area (TPSA) is 17.8 Å². The third kappa shape index (κ3) is 2.45. The molecule has 2 heterocycles. The summed E-state index contributed by atoms with van der Waals surface area (Å²) < 4.78 is 2.28. The first-order chi connectivity index (χ1) is 13.6. The van der Waals surface area contributed by atoms with Crippen LogP contribution in [0.3, 0.4) is 0 Å². The second-order valence-electron chi connectivity index (χ2n) is 7.49. The van der Waals surface area contributed by atoms with E-state index in [1.165, 1.54) is 49.6 Å². The molecule has 0 atom stereocenters. The van der Waals surface area contributed by atoms with E-state index in [1.54, 1.807) is 0 Å². The van der Waals surface area contributed by atoms with Crippen LogP contribution in [0.2, 0.25) is 0 Å². The first-order valence-corrected chi connectivity index (χ1v) is 9.67. The summed E-state index contributed by atoms with van der Waals surface area (Å²) in [5.74, 6) is 0.959. The zero-order chi connectivity index (χ0) is 19.3. The van der Waals surface area contributed by atoms with Gasteiger partial charge in [-0.3, -0.25) is 4.57 Å². The Morgan fingerprint density at radius 3 is 1.82 bits per heavy atom. The average molecular weight is 362 g/mol. The van der Waals surface area contributed by atoms with Crippen LogP contribution in [0.5, 0.6) is 0 Å². The molecule has 2 nitrogen and oxygen atoms in total. The maximum atomic E-state index is 4.83. The standard InChI is InChI=1S/C26H22N2/c1-17-9-8-10-18(2)26(17)22-15-25(27-16-19(22)3)28-23-13-6-4-11-20(23)21-12-5-7-14-24(21)28/h4-16H,1-3H3. The summed E-state index contributed by atoms with van der Waals surface area (Å²) in [5.41, 5.74) is 8.72. The van der Waals surface area contributed by atoms with Crippen LogP contribution in [0.4, 0.5) is 0 Å². The van der Waals surface area contributed by atoms with E-state index in [2.05, 4.69) is 98.1 Å². The molecule has 3 aromatic carbocycles. The number of para-hydroxylation sites is 2. The molecule has 5 rings (SSSR count). The van der Waals surface area contributed by atoms with Gasteiger partial charge in [0, 0.05) is 17.0 Å². The normalized spacial score (nSPS) is 11.4. The molecule has 2 heteroatoms. The van der Waals surface area contributed by atoms with Gasteiger partial charge in [-0.1, -0.05) is 54.6 Å². The Balaban J connectivity index is 1.85. The van der Waals surface area contributed by atoms with Crippen LogP contribution < -0.4 is 0 Å². The second kappa shape index (κ2) is 6.35. The number of fused-ring (bicyclic) bond motifs is 3. The zero-order valence-corrected chi connectivity index (χ0v) is 16.4. The first-order valence-electron chi connectivity index (χ1n) is 9.67. The zero-order valence-electron chi connectivity index (χ0n) is 16.4. The molecule has 0 aliphatic carbocycles. The predicted molar refractivity (Wildman–Crippen MR) is 118 cm³/mol. The fraction of sp³-hybridized carbons (Fsp3) is 0.115. The van der Waals surface area contributed by atoms with E-state index in [-0.39, 0.29) is 0 Å². The molecule has 0 bridgehead atoms. The van der Waals surface area contributed by atoms with Crippen molar-refractivity contribution in [1.82, 2.24) is 9.55 Å². The van der Waals surface area contributed by atoms with E-state index in [0.29, 0.717) is 0 Å². The molecule has 5 aromatic rings. The van der Waals surface area contributed by atoms with Crippen molar-refractivity contribution >= 4 is 21.8 Å². The van der Waals surface area contributed by atoms with Gasteiger partial charge in [-0.15, -0.1) is 0 Å². The highest BCUT2D eigenvalue weighted by Gasteiger charge is 2.15. The van der Waals surface area contributed by atoms with Gasteiger partial charge in [0.25, 0.3) is 0 Å². The quantitative estimate of drug-likeness (QED) is 0.339. The minimum Gasteiger partial charge on any atom is -0.294 e. The van der Waals surface area contributed by atoms with Gasteiger partial charge in [0.05, 0.1) is 11.0 Å². The molecular weight excluding hydrogens is 340 g/mol. The number of benzene rings is 3. The molecule has 0 saturated heterocycles. The molecule has 136 valence electrons. The average Bonchev–Trinajstić information content (AvgIpc) is 3.04. The molecule has 0 fully saturated rings. The summed E-state index contributed by atoms with van der Waals surface area (Å²) >= 11 is 0. The minimum absolute atomic E-state index is 0.959. The number of nitrogens with zero attached hydrogens (tertiary/aromatic N) is 2. The Morgan fingerprint density at radius 1 is 0.643 bits per heavy atom. The first kappa shape index (κ1) is 16.8. The van der Waals surface area contributed by atoms with Gasteiger partial charge in [0.2, 0.25) is 0 Å². The molecule has 0 saturated carbocycles. The number of aryl methyl sites for hydroxylation is 3. The van der Waals surface area contributed by atoms with E-state index in [4.69, 9.17) is 4.98 Å². The van der Waals surface area contributed by atoms with Gasteiger partial charge in [0.1, 0.15) is 5.82 Å². The molecule has 0 radical (unpaired) electrons. The Labute approximate surface area is 165 Å². The fourth-order valence-corrected chi connectivity index (χ4v) is 4.31. The van der Waals surface area contributed by atoms with E-state index >= 15 is 0 Å². The van der Waals surface area contributed by atoms with Gasteiger partial charge in [-0.2, -0.15) is 0 Å². The molecule has 0 unspecified atom stereocenters. The summed E-state index contributed by atoms with van der Waals surface area (Å²) in [6.07, 6.45) is 2.00. The number of hydrogen-bond donors (Lipinski definition) is 0. The van der Waals surface area contributed by atoms with Crippen LogP contribution in [0.15, 0.2) is 79.0 Å². The van der Waals surface area contributed by atoms with Crippen molar-refractivity contribution in [3.63, 3.8) is 0 Å². The summed E-state index contributed by atoms with van der Waals surface area (Å²) in [4.78, 5) is 4.83. The molecule has 0 amide bonds. The molecule has 0 N–H and O–H groups in total. The highest BCUT2D eigenvalue weighted by Crippen LogP contribution is 2.34. The van der Waals surface area contributed by atoms with Crippen molar-refractivity contribution in [2.24, 2.45) is 0 Å². The van der Waals surface area contributed by atoms with Gasteiger partial charge in [-0.05, 0) is 66.8 Å². The lowest BCUT2D eigenvalue weighted by Crippen LogP contribution is -2.00. The van der Waals surface area contributed by atoms with E-state index in [1.807, 2.05) is 6.20 Å². The Morgan fingerprint density at radius 2 is 1.21 bits per heavy atom. The lowest BCUT2D eigenvalue weighted by Gasteiger charge is -2.15. The van der Waals surface area contributed by atoms with Crippen molar-refractivity contribution in [1.29, 1.82) is 0 Å². The lowest BCUT2D eigenvalue weighted by molar-refractivity contribution is 1.07. The third-order valence-electron chi connectivity index (χ3n) is 5.65. The minimum atomic E-state index is 0.959. The largest absolute Gasteiger partial charge is 0.294 e. The smallest absolute Gasteiger partial charge is 0.138 e. The van der Waals surface area contributed by atoms with Crippen LogP contribution >= 0.6 is 0 Å². The van der Waals surface area contributed by atoms with Crippen molar-refractivity contribution in [3.05, 3.63) is 95.7 Å². The van der Waals surface area contributed by atoms with E-state index in [9.17, 15) is 0 Å². The molecule has 2 aromatic heterocycles. The van der Waals surface area contributed by atoms with Gasteiger partial charge in [-0.25, -0.2) is 4.98 Å². The summed E-state index contributed by atoms with van der Waals surface area (Å²) in [6.45, 7) is 6.51. The second-order valence-corrected chi connectivity index (χ2v) is 7.49. The monoisotopic (exact) mass is 362 g/mol. The van der Waals surface area contributed by atoms with Crippen LogP contribution in [0.1, 0.15) is 16.7 Å². The van der Waals surface area contributed by atoms with Gasteiger partial charge < -0.3 is 0 Å². The Bertz CT molecular complexity index is 1270. The molecule has 0 aliphatic rings. The van der Waals surface area contributed by atoms with Crippen LogP contribution in [0.25, 0.3) is 38.8 Å².